The van der Waals surface area contributed by atoms with Crippen molar-refractivity contribution in [1.29, 1.82) is 0 Å². The molecule has 1 fully saturated rings. The van der Waals surface area contributed by atoms with Crippen molar-refractivity contribution in [3.8, 4) is 0 Å². The Labute approximate surface area is 79.4 Å². The average molecular weight is 186 g/mol. The SMILES string of the molecule is COC(=O)C1OC1(C)CCC(C)C. The first-order valence-electron chi connectivity index (χ1n) is 4.75. The van der Waals surface area contributed by atoms with E-state index < -0.39 is 0 Å². The van der Waals surface area contributed by atoms with Gasteiger partial charge in [-0.3, -0.25) is 0 Å². The second kappa shape index (κ2) is 3.66. The van der Waals surface area contributed by atoms with Gasteiger partial charge >= 0.3 is 5.97 Å². The van der Waals surface area contributed by atoms with E-state index in [-0.39, 0.29) is 17.7 Å². The van der Waals surface area contributed by atoms with Crippen LogP contribution in [-0.2, 0) is 14.3 Å². The van der Waals surface area contributed by atoms with Crippen molar-refractivity contribution in [2.75, 3.05) is 7.11 Å². The highest BCUT2D eigenvalue weighted by molar-refractivity contribution is 5.79. The maximum absolute atomic E-state index is 11.1. The summed E-state index contributed by atoms with van der Waals surface area (Å²) < 4.78 is 9.95. The number of ether oxygens (including phenoxy) is 2. The van der Waals surface area contributed by atoms with Gasteiger partial charge in [0.2, 0.25) is 0 Å². The predicted molar refractivity (Wildman–Crippen MR) is 49.4 cm³/mol. The first-order valence-corrected chi connectivity index (χ1v) is 4.75. The van der Waals surface area contributed by atoms with Crippen LogP contribution in [0.15, 0.2) is 0 Å². The number of hydrogen-bond acceptors (Lipinski definition) is 3. The van der Waals surface area contributed by atoms with Crippen LogP contribution in [0.3, 0.4) is 0 Å². The topological polar surface area (TPSA) is 38.8 Å². The number of epoxide rings is 1. The highest BCUT2D eigenvalue weighted by Gasteiger charge is 2.57. The van der Waals surface area contributed by atoms with Gasteiger partial charge in [0.15, 0.2) is 6.10 Å². The van der Waals surface area contributed by atoms with Crippen molar-refractivity contribution in [3.05, 3.63) is 0 Å². The minimum atomic E-state index is -0.323. The molecule has 1 saturated heterocycles. The molecule has 0 radical (unpaired) electrons. The first kappa shape index (κ1) is 10.5. The van der Waals surface area contributed by atoms with Crippen LogP contribution < -0.4 is 0 Å². The van der Waals surface area contributed by atoms with Crippen LogP contribution in [-0.4, -0.2) is 24.8 Å². The molecule has 0 bridgehead atoms. The van der Waals surface area contributed by atoms with Gasteiger partial charge in [0.25, 0.3) is 0 Å². The molecule has 1 rings (SSSR count). The van der Waals surface area contributed by atoms with Gasteiger partial charge in [-0.25, -0.2) is 4.79 Å². The predicted octanol–water partition coefficient (Wildman–Crippen LogP) is 1.75. The Morgan fingerprint density at radius 3 is 2.69 bits per heavy atom. The molecule has 2 atom stereocenters. The van der Waals surface area contributed by atoms with Crippen LogP contribution in [0.2, 0.25) is 0 Å². The third kappa shape index (κ3) is 2.44. The van der Waals surface area contributed by atoms with E-state index in [9.17, 15) is 4.79 Å². The summed E-state index contributed by atoms with van der Waals surface area (Å²) in [5, 5.41) is 0. The van der Waals surface area contributed by atoms with Crippen molar-refractivity contribution in [1.82, 2.24) is 0 Å². The standard InChI is InChI=1S/C10H18O3/c1-7(2)5-6-10(3)8(13-10)9(11)12-4/h7-8H,5-6H2,1-4H3. The summed E-state index contributed by atoms with van der Waals surface area (Å²) >= 11 is 0. The smallest absolute Gasteiger partial charge is 0.338 e. The Morgan fingerprint density at radius 2 is 2.23 bits per heavy atom. The third-order valence-corrected chi connectivity index (χ3v) is 2.52. The minimum absolute atomic E-state index is 0.244. The van der Waals surface area contributed by atoms with Crippen LogP contribution in [0, 0.1) is 5.92 Å². The van der Waals surface area contributed by atoms with Crippen molar-refractivity contribution in [2.45, 2.75) is 45.3 Å². The molecule has 1 aliphatic heterocycles. The van der Waals surface area contributed by atoms with Gasteiger partial charge in [0, 0.05) is 0 Å². The molecule has 0 aromatic rings. The lowest BCUT2D eigenvalue weighted by molar-refractivity contribution is -0.142. The maximum Gasteiger partial charge on any atom is 0.338 e. The van der Waals surface area contributed by atoms with Crippen LogP contribution in [0.1, 0.15) is 33.6 Å². The summed E-state index contributed by atoms with van der Waals surface area (Å²) in [6.07, 6.45) is 1.70. The van der Waals surface area contributed by atoms with Gasteiger partial charge in [0.05, 0.1) is 7.11 Å². The monoisotopic (exact) mass is 186 g/mol. The lowest BCUT2D eigenvalue weighted by Crippen LogP contribution is -2.19. The minimum Gasteiger partial charge on any atom is -0.467 e. The van der Waals surface area contributed by atoms with E-state index in [1.54, 1.807) is 0 Å². The fraction of sp³-hybridized carbons (Fsp3) is 0.900. The molecule has 0 saturated carbocycles. The van der Waals surface area contributed by atoms with Crippen LogP contribution in [0.25, 0.3) is 0 Å². The number of rotatable bonds is 4. The molecule has 0 spiro atoms. The maximum atomic E-state index is 11.1. The molecule has 2 unspecified atom stereocenters. The van der Waals surface area contributed by atoms with E-state index in [4.69, 9.17) is 4.74 Å². The number of carbonyl (C=O) groups excluding carboxylic acids is 1. The average Bonchev–Trinajstić information content (AvgIpc) is 2.74. The number of methoxy groups -OCH3 is 1. The first-order chi connectivity index (χ1) is 5.99. The Kier molecular flexibility index (Phi) is 2.96. The Morgan fingerprint density at radius 1 is 1.62 bits per heavy atom. The fourth-order valence-electron chi connectivity index (χ4n) is 1.40. The van der Waals surface area contributed by atoms with E-state index in [1.165, 1.54) is 7.11 Å². The molecule has 0 aliphatic carbocycles. The zero-order chi connectivity index (χ0) is 10.1. The molecule has 1 heterocycles. The van der Waals surface area contributed by atoms with E-state index in [0.29, 0.717) is 5.92 Å². The third-order valence-electron chi connectivity index (χ3n) is 2.52. The van der Waals surface area contributed by atoms with Gasteiger partial charge in [-0.1, -0.05) is 13.8 Å². The lowest BCUT2D eigenvalue weighted by atomic mass is 9.96. The summed E-state index contributed by atoms with van der Waals surface area (Å²) in [6, 6.07) is 0. The second-order valence-electron chi connectivity index (χ2n) is 4.27. The van der Waals surface area contributed by atoms with Crippen molar-refractivity contribution < 1.29 is 14.3 Å². The number of hydrogen-bond donors (Lipinski definition) is 0. The van der Waals surface area contributed by atoms with Crippen LogP contribution in [0.5, 0.6) is 0 Å². The molecule has 76 valence electrons. The van der Waals surface area contributed by atoms with E-state index in [0.717, 1.165) is 12.8 Å². The van der Waals surface area contributed by atoms with E-state index in [2.05, 4.69) is 18.6 Å². The molecule has 3 heteroatoms. The molecule has 13 heavy (non-hydrogen) atoms. The molecular weight excluding hydrogens is 168 g/mol. The van der Waals surface area contributed by atoms with Crippen LogP contribution >= 0.6 is 0 Å². The van der Waals surface area contributed by atoms with Crippen molar-refractivity contribution >= 4 is 5.97 Å². The second-order valence-corrected chi connectivity index (χ2v) is 4.27. The molecule has 0 N–H and O–H groups in total. The number of esters is 1. The summed E-state index contributed by atoms with van der Waals surface area (Å²) in [5.74, 6) is 0.408. The highest BCUT2D eigenvalue weighted by Crippen LogP contribution is 2.41. The van der Waals surface area contributed by atoms with Gasteiger partial charge in [-0.2, -0.15) is 0 Å². The van der Waals surface area contributed by atoms with Gasteiger partial charge in [-0.05, 0) is 25.7 Å². The molecule has 1 aliphatic rings. The molecule has 0 aromatic heterocycles. The Bertz CT molecular complexity index is 200. The summed E-state index contributed by atoms with van der Waals surface area (Å²) in [5.41, 5.74) is -0.253. The van der Waals surface area contributed by atoms with Crippen molar-refractivity contribution in [3.63, 3.8) is 0 Å². The van der Waals surface area contributed by atoms with Crippen LogP contribution in [0.4, 0.5) is 0 Å². The Hall–Kier alpha value is -0.570. The van der Waals surface area contributed by atoms with E-state index in [1.807, 2.05) is 6.92 Å². The molecule has 0 amide bonds. The zero-order valence-corrected chi connectivity index (χ0v) is 8.79. The molecule has 3 nitrogen and oxygen atoms in total. The lowest BCUT2D eigenvalue weighted by Gasteiger charge is -2.07. The van der Waals surface area contributed by atoms with Crippen molar-refractivity contribution in [2.24, 2.45) is 5.92 Å². The molecule has 0 aromatic carbocycles. The summed E-state index contributed by atoms with van der Waals surface area (Å²) in [7, 11) is 1.40. The normalized spacial score (nSPS) is 31.9. The Balaban J connectivity index is 2.32. The quantitative estimate of drug-likeness (QED) is 0.496. The fourth-order valence-corrected chi connectivity index (χ4v) is 1.40. The number of carbonyl (C=O) groups is 1. The summed E-state index contributed by atoms with van der Waals surface area (Å²) in [4.78, 5) is 11.1. The zero-order valence-electron chi connectivity index (χ0n) is 8.79. The van der Waals surface area contributed by atoms with Gasteiger partial charge in [-0.15, -0.1) is 0 Å². The highest BCUT2D eigenvalue weighted by atomic mass is 16.6. The molecular formula is C10H18O3. The van der Waals surface area contributed by atoms with E-state index >= 15 is 0 Å². The summed E-state index contributed by atoms with van der Waals surface area (Å²) in [6.45, 7) is 6.30. The van der Waals surface area contributed by atoms with Gasteiger partial charge in [0.1, 0.15) is 5.60 Å². The van der Waals surface area contributed by atoms with Gasteiger partial charge < -0.3 is 9.47 Å². The largest absolute Gasteiger partial charge is 0.467 e.